The number of aromatic amines is 3. The monoisotopic (exact) mass is 2090 g/mol. The number of H-pyrrole nitrogens is 3. The number of amides is 5. The predicted molar refractivity (Wildman–Crippen MR) is 540 cm³/mol. The van der Waals surface area contributed by atoms with Crippen molar-refractivity contribution in [3.8, 4) is 50.6 Å². The number of quaternary nitrogens is 1. The third-order valence-corrected chi connectivity index (χ3v) is 27.0. The summed E-state index contributed by atoms with van der Waals surface area (Å²) >= 11 is 26.1. The Labute approximate surface area is 859 Å². The van der Waals surface area contributed by atoms with Gasteiger partial charge in [-0.15, -0.1) is 11.3 Å². The van der Waals surface area contributed by atoms with Crippen LogP contribution in [-0.2, 0) is 59.2 Å². The minimum absolute atomic E-state index is 0.0184. The average molecular weight is 2100 g/mol. The lowest BCUT2D eigenvalue weighted by molar-refractivity contribution is -0.762. The number of para-hydroxylation sites is 1. The summed E-state index contributed by atoms with van der Waals surface area (Å²) < 4.78 is 18.6. The van der Waals surface area contributed by atoms with Crippen molar-refractivity contribution in [3.63, 3.8) is 0 Å². The van der Waals surface area contributed by atoms with Gasteiger partial charge in [0.25, 0.3) is 11.1 Å². The van der Waals surface area contributed by atoms with Crippen LogP contribution in [0.5, 0.6) is 17.2 Å². The Hall–Kier alpha value is -12.9. The maximum absolute atomic E-state index is 13.7. The first-order valence-corrected chi connectivity index (χ1v) is 49.8. The Bertz CT molecular complexity index is 6590. The lowest BCUT2D eigenvalue weighted by Crippen LogP contribution is -2.65. The number of benzene rings is 6. The van der Waals surface area contributed by atoms with Crippen LogP contribution in [0.1, 0.15) is 197 Å². The van der Waals surface area contributed by atoms with Gasteiger partial charge in [-0.1, -0.05) is 126 Å². The molecule has 0 radical (unpaired) electrons. The van der Waals surface area contributed by atoms with E-state index in [1.54, 1.807) is 92.2 Å². The zero-order chi connectivity index (χ0) is 107. The van der Waals surface area contributed by atoms with E-state index in [1.807, 2.05) is 51.1 Å². The number of aliphatic hydroxyl groups is 1. The number of hydrogen-bond acceptors (Lipinski definition) is 27. The number of aromatic nitrogens is 6. The number of nitrogens with zero attached hydrogens (tertiary/aromatic N) is 6. The fourth-order valence-corrected chi connectivity index (χ4v) is 18.5. The summed E-state index contributed by atoms with van der Waals surface area (Å²) in [6.45, 7) is 19.7. The molecule has 12 rings (SSSR count). The van der Waals surface area contributed by atoms with Crippen LogP contribution in [0.4, 0.5) is 14.4 Å². The van der Waals surface area contributed by atoms with E-state index in [9.17, 15) is 87.4 Å². The summed E-state index contributed by atoms with van der Waals surface area (Å²) in [7, 11) is 1.40. The van der Waals surface area contributed by atoms with Crippen LogP contribution in [0.25, 0.3) is 82.0 Å². The summed E-state index contributed by atoms with van der Waals surface area (Å²) in [6.07, 6.45) is 4.45. The van der Waals surface area contributed by atoms with Crippen molar-refractivity contribution in [2.45, 2.75) is 239 Å². The number of carboxylic acids is 2. The molecule has 0 spiro atoms. The van der Waals surface area contributed by atoms with E-state index in [0.717, 1.165) is 55.3 Å². The van der Waals surface area contributed by atoms with Crippen LogP contribution in [0, 0.1) is 36.2 Å². The second kappa shape index (κ2) is 54.3. The number of halogens is 4. The molecule has 2 fully saturated rings. The number of ether oxygens (including phenoxy) is 3. The van der Waals surface area contributed by atoms with Gasteiger partial charge in [-0.2, -0.15) is 9.59 Å². The number of thiazole rings is 1. The lowest BCUT2D eigenvalue weighted by atomic mass is 9.86. The van der Waals surface area contributed by atoms with Crippen LogP contribution in [0.3, 0.4) is 0 Å². The molecule has 10 N–H and O–H groups in total. The number of carboxylic acid groups (broad SMARTS) is 2. The number of aliphatic carboxylic acids is 2. The third-order valence-electron chi connectivity index (χ3n) is 25.0. The zero-order valence-corrected chi connectivity index (χ0v) is 85.9. The summed E-state index contributed by atoms with van der Waals surface area (Å²) in [5, 5.41) is 41.7. The number of ketones is 5. The largest absolute Gasteiger partial charge is 0.668 e. The van der Waals surface area contributed by atoms with Gasteiger partial charge in [0, 0.05) is 144 Å². The molecule has 0 aliphatic carbocycles. The minimum Gasteiger partial charge on any atom is -0.668 e. The van der Waals surface area contributed by atoms with Crippen LogP contribution in [0.2, 0.25) is 20.1 Å². The molecule has 37 nitrogen and oxygen atoms in total. The SMILES string of the molecule is CC(=O)C[C@@H](C[CH-][OH+][O-])C(=O)N[C@@H](CCC(=O)[O-])C(=O)C[C@H](C(=O)N[C@@H](CC(=O)[O-])C(=O)CCC(C)(C)N(C)C(=O)Oc1ccc(Cl)cc1-c1nc2ccc(Cl)cc2c(=O)[nH]1)C(C)C.CC(C)C[C@H]([NH-])C(=O)CC[C@@H]1CCCN1C(=O)Oc1ccc(Cl)cc1-c1nc2ccc(Cl)cc2c(=O)[nH]1.CCc1c[nH]c2cc(-c3nc4ccccc4s3)c(OC(=O)N3CCCCC3CCC(=O)[C@@H]([NH3+])CC(C)C)cc2c1=O.O=C=O. The molecule has 8 atom stereocenters. The number of carbonyl (C=O) groups is 12. The molecule has 10 aromatic rings. The van der Waals surface area contributed by atoms with Crippen molar-refractivity contribution < 1.29 is 107 Å². The molecule has 145 heavy (non-hydrogen) atoms. The minimum atomic E-state index is -1.67. The smallest absolute Gasteiger partial charge is 0.415 e. The van der Waals surface area contributed by atoms with Crippen LogP contribution >= 0.6 is 57.7 Å². The van der Waals surface area contributed by atoms with Gasteiger partial charge in [0.15, 0.2) is 22.8 Å². The second-order valence-electron chi connectivity index (χ2n) is 37.4. The van der Waals surface area contributed by atoms with Gasteiger partial charge in [-0.05, 0) is 213 Å². The highest BCUT2D eigenvalue weighted by Crippen LogP contribution is 2.41. The Morgan fingerprint density at radius 2 is 1.16 bits per heavy atom. The van der Waals surface area contributed by atoms with E-state index >= 15 is 0 Å². The molecule has 0 saturated carbocycles. The first-order chi connectivity index (χ1) is 68.7. The second-order valence-corrected chi connectivity index (χ2v) is 40.2. The Morgan fingerprint density at radius 1 is 0.621 bits per heavy atom. The van der Waals surface area contributed by atoms with E-state index in [-0.39, 0.29) is 124 Å². The van der Waals surface area contributed by atoms with Crippen molar-refractivity contribution in [3.05, 3.63) is 184 Å². The molecular formula is C103H118Cl4N13O24S-3. The van der Waals surface area contributed by atoms with Gasteiger partial charge in [0.1, 0.15) is 51.5 Å². The molecular weight excluding hydrogens is 1980 g/mol. The highest BCUT2D eigenvalue weighted by molar-refractivity contribution is 7.21. The topological polar surface area (TPSA) is 571 Å². The quantitative estimate of drug-likeness (QED) is 0.00895. The molecule has 0 bridgehead atoms. The highest BCUT2D eigenvalue weighted by atomic mass is 35.5. The van der Waals surface area contributed by atoms with Crippen molar-refractivity contribution in [2.24, 2.45) is 29.6 Å². The number of nitrogens with one attached hydrogen (secondary N) is 6. The molecule has 6 aromatic carbocycles. The number of Topliss-reactive ketones (excluding diaryl/α,β-unsaturated/α-hetero) is 5. The summed E-state index contributed by atoms with van der Waals surface area (Å²) in [6, 6.07) is 25.6. The van der Waals surface area contributed by atoms with Gasteiger partial charge < -0.3 is 105 Å². The van der Waals surface area contributed by atoms with Gasteiger partial charge in [0.2, 0.25) is 11.8 Å². The third kappa shape index (κ3) is 33.1. The summed E-state index contributed by atoms with van der Waals surface area (Å²) in [5.74, 6) is -8.27. The fourth-order valence-electron chi connectivity index (χ4n) is 16.9. The fraction of sp³-hybridized carbons (Fsp3) is 0.437. The molecule has 6 heterocycles. The van der Waals surface area contributed by atoms with Gasteiger partial charge in [-0.3, -0.25) is 38.4 Å². The number of fused-ring (bicyclic) bond motifs is 4. The number of likely N-dealkylation sites (tertiary alicyclic amines) is 2. The summed E-state index contributed by atoms with van der Waals surface area (Å²) in [5.41, 5.74) is 14.2. The van der Waals surface area contributed by atoms with Gasteiger partial charge in [0.05, 0.1) is 66.3 Å². The number of pyridine rings is 1. The Morgan fingerprint density at radius 3 is 1.70 bits per heavy atom. The molecule has 2 saturated heterocycles. The predicted octanol–water partition coefficient (Wildman–Crippen LogP) is 13.7. The van der Waals surface area contributed by atoms with Gasteiger partial charge in [-0.25, -0.2) is 29.3 Å². The van der Waals surface area contributed by atoms with Crippen LogP contribution in [0.15, 0.2) is 130 Å². The van der Waals surface area contributed by atoms with Crippen molar-refractivity contribution in [1.29, 1.82) is 0 Å². The molecule has 2 aliphatic heterocycles. The molecule has 5 amide bonds. The summed E-state index contributed by atoms with van der Waals surface area (Å²) in [4.78, 5) is 239. The van der Waals surface area contributed by atoms with E-state index in [1.165, 1.54) is 60.5 Å². The molecule has 2 aliphatic rings. The van der Waals surface area contributed by atoms with Crippen molar-refractivity contribution in [2.75, 3.05) is 20.1 Å². The first-order valence-electron chi connectivity index (χ1n) is 47.5. The molecule has 776 valence electrons. The van der Waals surface area contributed by atoms with E-state index in [4.69, 9.17) is 80.9 Å². The lowest BCUT2D eigenvalue weighted by Gasteiger charge is -2.35. The van der Waals surface area contributed by atoms with Crippen LogP contribution in [-0.4, -0.2) is 189 Å². The number of carbonyl (C=O) groups excluding carboxylic acids is 14. The maximum atomic E-state index is 13.7. The maximum Gasteiger partial charge on any atom is 0.415 e. The Kier molecular flexibility index (Phi) is 43.4. The number of aryl methyl sites for hydroxylation is 1. The first kappa shape index (κ1) is 116. The van der Waals surface area contributed by atoms with E-state index < -0.39 is 132 Å². The molecule has 4 aromatic heterocycles. The van der Waals surface area contributed by atoms with E-state index in [2.05, 4.69) is 60.0 Å². The number of piperidine rings is 1. The van der Waals surface area contributed by atoms with Gasteiger partial charge >= 0.3 is 24.4 Å². The zero-order valence-electron chi connectivity index (χ0n) is 82.1. The number of rotatable bonds is 42. The van der Waals surface area contributed by atoms with Crippen molar-refractivity contribution in [1.82, 2.24) is 55.2 Å². The van der Waals surface area contributed by atoms with Crippen LogP contribution < -0.4 is 62.6 Å². The standard InChI is InChI=1S/C43H52Cl2N5O14.C32H38N4O4S.C27H29Cl2N4O4.CO2/c1-22(2)27(20-34(53)31(10-12-36(54)55)47-39(58)24(14-16-63-62)17-23(3)51)40(59)48-32(21-37(56)57)33(52)13-15-43(4,5)50(6)42(61)64-35-11-8-26(45)19-29(35)38-46-30-9-7-25(44)18-28(30)41(60)49-38;1-4-20-18-34-26-16-23(31-35-25-10-5-6-11-29(25)41-31)28(17-22(26)30(20)38)40-32(39)36-14-8-7-9-21(36)12-13-27(37)24(33)15-19(2)3;1-15(2)12-21(30)23(34)9-7-18-4-3-11-33(18)27(36)37-24-10-6-17(29)14-20(24)25-31-22-8-5-16(28)13-19(22)26(35)32-25;2-1-3/h7-9,11,16,18-19,22,24,27,31-32,63H,10,12-15,17,20-21H2,1-6H3,(H,47,58)(H,48,59)(H,54,55)(H,56,57)(H,46,49,60);5-6,10-11,16-19,21,24H,4,7-9,12-15,33H2,1-3H3,(H,34,38);5-6,8,10,13-15,18,21,30H,3-4,7,9,11-12H2,1-2H3,(H,31,32,35);/q-1;;-1;/p-1/t24-,27+,31+,32+;21?,24-;18-,21-;/m100./s1. The highest BCUT2D eigenvalue weighted by Gasteiger charge is 2.39. The van der Waals surface area contributed by atoms with E-state index in [0.29, 0.717) is 121 Å². The number of hydrogen-bond donors (Lipinski definition) is 6. The molecule has 42 heteroatoms. The Balaban J connectivity index is 0.000000250. The molecule has 1 unspecified atom stereocenters. The average Bonchev–Trinajstić information content (AvgIpc) is 1.70. The normalized spacial score (nSPS) is 14.8. The van der Waals surface area contributed by atoms with Crippen molar-refractivity contribution >= 4 is 178 Å².